The molecule has 0 radical (unpaired) electrons. The Morgan fingerprint density at radius 1 is 1.12 bits per heavy atom. The number of hydrogen-bond acceptors (Lipinski definition) is 6. The number of carbonyl (C=O) groups excluding carboxylic acids is 1. The summed E-state index contributed by atoms with van der Waals surface area (Å²) in [5.74, 6) is 0.774. The van der Waals surface area contributed by atoms with Crippen molar-refractivity contribution < 1.29 is 19.4 Å². The highest BCUT2D eigenvalue weighted by Gasteiger charge is 2.35. The predicted molar refractivity (Wildman–Crippen MR) is 126 cm³/mol. The number of rotatable bonds is 6. The summed E-state index contributed by atoms with van der Waals surface area (Å²) in [5.41, 5.74) is 3.75. The number of aromatic hydroxyl groups is 1. The van der Waals surface area contributed by atoms with Gasteiger partial charge in [0, 0.05) is 50.5 Å². The molecule has 2 aromatic carbocycles. The van der Waals surface area contributed by atoms with Crippen LogP contribution in [0.1, 0.15) is 48.2 Å². The molecule has 1 N–H and O–H groups in total. The quantitative estimate of drug-likeness (QED) is 0.677. The van der Waals surface area contributed by atoms with Gasteiger partial charge in [-0.05, 0) is 51.3 Å². The summed E-state index contributed by atoms with van der Waals surface area (Å²) in [6.45, 7) is 13.8. The number of ether oxygens (including phenoxy) is 2. The van der Waals surface area contributed by atoms with Crippen molar-refractivity contribution in [3.63, 3.8) is 0 Å². The second kappa shape index (κ2) is 9.02. The second-order valence-corrected chi connectivity index (χ2v) is 9.53. The smallest absolute Gasteiger partial charge is 0.174 e. The number of phenolic OH excluding ortho intramolecular Hbond substituents is 1. The van der Waals surface area contributed by atoms with Crippen LogP contribution in [0.2, 0.25) is 0 Å². The van der Waals surface area contributed by atoms with E-state index in [1.807, 2.05) is 13.8 Å². The third-order valence-electron chi connectivity index (χ3n) is 6.48. The van der Waals surface area contributed by atoms with Crippen LogP contribution < -0.4 is 14.4 Å². The molecule has 0 amide bonds. The van der Waals surface area contributed by atoms with Gasteiger partial charge < -0.3 is 19.5 Å². The normalized spacial score (nSPS) is 18.2. The van der Waals surface area contributed by atoms with Crippen LogP contribution in [-0.2, 0) is 0 Å². The van der Waals surface area contributed by atoms with Gasteiger partial charge in [0.15, 0.2) is 5.78 Å². The van der Waals surface area contributed by atoms with Crippen LogP contribution in [-0.4, -0.2) is 60.7 Å². The predicted octanol–water partition coefficient (Wildman–Crippen LogP) is 4.34. The lowest BCUT2D eigenvalue weighted by atomic mass is 9.92. The average molecular weight is 439 g/mol. The highest BCUT2D eigenvalue weighted by atomic mass is 16.5. The van der Waals surface area contributed by atoms with E-state index in [0.29, 0.717) is 18.1 Å². The molecular weight excluding hydrogens is 404 g/mol. The van der Waals surface area contributed by atoms with Crippen LogP contribution in [0.15, 0.2) is 30.3 Å². The first kappa shape index (κ1) is 22.5. The fourth-order valence-electron chi connectivity index (χ4n) is 4.60. The molecule has 0 saturated carbocycles. The maximum Gasteiger partial charge on any atom is 0.174 e. The van der Waals surface area contributed by atoms with Crippen molar-refractivity contribution in [2.24, 2.45) is 0 Å². The van der Waals surface area contributed by atoms with Crippen molar-refractivity contribution in [3.05, 3.63) is 47.0 Å². The Bertz CT molecular complexity index is 994. The van der Waals surface area contributed by atoms with Gasteiger partial charge in [0.25, 0.3) is 0 Å². The van der Waals surface area contributed by atoms with Gasteiger partial charge in [0.05, 0.1) is 13.0 Å². The number of hydrogen-bond donors (Lipinski definition) is 1. The Balaban J connectivity index is 1.26. The van der Waals surface area contributed by atoms with Gasteiger partial charge in [0.1, 0.15) is 28.4 Å². The molecule has 6 nitrogen and oxygen atoms in total. The van der Waals surface area contributed by atoms with Crippen molar-refractivity contribution in [2.45, 2.75) is 46.1 Å². The number of fused-ring (bicyclic) bond motifs is 1. The minimum Gasteiger partial charge on any atom is -0.507 e. The van der Waals surface area contributed by atoms with Crippen LogP contribution >= 0.6 is 0 Å². The van der Waals surface area contributed by atoms with E-state index >= 15 is 0 Å². The molecule has 0 bridgehead atoms. The van der Waals surface area contributed by atoms with E-state index in [0.717, 1.165) is 39.1 Å². The van der Waals surface area contributed by atoms with E-state index in [-0.39, 0.29) is 23.5 Å². The van der Waals surface area contributed by atoms with Crippen LogP contribution in [0.25, 0.3) is 0 Å². The van der Waals surface area contributed by atoms with Crippen molar-refractivity contribution in [1.82, 2.24) is 4.90 Å². The van der Waals surface area contributed by atoms with E-state index in [4.69, 9.17) is 9.47 Å². The second-order valence-electron chi connectivity index (χ2n) is 9.53. The van der Waals surface area contributed by atoms with E-state index < -0.39 is 5.60 Å². The third kappa shape index (κ3) is 4.85. The summed E-state index contributed by atoms with van der Waals surface area (Å²) >= 11 is 0. The topological polar surface area (TPSA) is 62.2 Å². The van der Waals surface area contributed by atoms with Gasteiger partial charge >= 0.3 is 0 Å². The van der Waals surface area contributed by atoms with Gasteiger partial charge in [-0.25, -0.2) is 0 Å². The largest absolute Gasteiger partial charge is 0.507 e. The Morgan fingerprint density at radius 3 is 2.62 bits per heavy atom. The number of Topliss-reactive ketones (excluding diaryl/α,β-unsaturated/α-hetero) is 1. The van der Waals surface area contributed by atoms with Crippen molar-refractivity contribution >= 4 is 11.5 Å². The number of aryl methyl sites for hydroxylation is 1. The summed E-state index contributed by atoms with van der Waals surface area (Å²) in [6, 6.07) is 9.76. The molecule has 4 rings (SSSR count). The molecule has 0 aliphatic carbocycles. The molecule has 0 aromatic heterocycles. The van der Waals surface area contributed by atoms with Crippen molar-refractivity contribution in [1.29, 1.82) is 0 Å². The molecular formula is C26H34N2O4. The Hall–Kier alpha value is -2.73. The lowest BCUT2D eigenvalue weighted by molar-refractivity contribution is 0.0612. The van der Waals surface area contributed by atoms with Gasteiger partial charge in [-0.2, -0.15) is 0 Å². The van der Waals surface area contributed by atoms with Crippen LogP contribution in [0.3, 0.4) is 0 Å². The summed E-state index contributed by atoms with van der Waals surface area (Å²) in [4.78, 5) is 17.3. The first-order chi connectivity index (χ1) is 15.2. The first-order valence-electron chi connectivity index (χ1n) is 11.5. The number of phenols is 1. The lowest BCUT2D eigenvalue weighted by Crippen LogP contribution is -2.47. The molecule has 2 aromatic rings. The fourth-order valence-corrected chi connectivity index (χ4v) is 4.60. The molecule has 1 saturated heterocycles. The van der Waals surface area contributed by atoms with Gasteiger partial charge in [-0.3, -0.25) is 9.69 Å². The maximum atomic E-state index is 12.3. The van der Waals surface area contributed by atoms with Gasteiger partial charge in [0.2, 0.25) is 0 Å². The average Bonchev–Trinajstić information content (AvgIpc) is 2.72. The molecule has 1 fully saturated rings. The molecule has 0 atom stereocenters. The Morgan fingerprint density at radius 2 is 1.88 bits per heavy atom. The van der Waals surface area contributed by atoms with E-state index in [9.17, 15) is 9.90 Å². The minimum atomic E-state index is -0.575. The lowest BCUT2D eigenvalue weighted by Gasteiger charge is -2.37. The zero-order chi connectivity index (χ0) is 22.9. The summed E-state index contributed by atoms with van der Waals surface area (Å²) < 4.78 is 11.8. The number of carbonyl (C=O) groups is 1. The highest BCUT2D eigenvalue weighted by Crippen LogP contribution is 2.41. The van der Waals surface area contributed by atoms with Gasteiger partial charge in [-0.15, -0.1) is 0 Å². The molecule has 2 aliphatic rings. The number of benzene rings is 2. The van der Waals surface area contributed by atoms with Crippen molar-refractivity contribution in [2.75, 3.05) is 44.2 Å². The minimum absolute atomic E-state index is 0.0689. The van der Waals surface area contributed by atoms with Crippen LogP contribution in [0, 0.1) is 13.8 Å². The summed E-state index contributed by atoms with van der Waals surface area (Å²) in [7, 11) is 0. The zero-order valence-electron chi connectivity index (χ0n) is 19.6. The zero-order valence-corrected chi connectivity index (χ0v) is 19.6. The first-order valence-corrected chi connectivity index (χ1v) is 11.5. The molecule has 6 heteroatoms. The monoisotopic (exact) mass is 438 g/mol. The van der Waals surface area contributed by atoms with Crippen molar-refractivity contribution in [3.8, 4) is 17.2 Å². The Kier molecular flexibility index (Phi) is 6.33. The fraction of sp³-hybridized carbons (Fsp3) is 0.500. The maximum absolute atomic E-state index is 12.3. The highest BCUT2D eigenvalue weighted by molar-refractivity contribution is 6.03. The summed E-state index contributed by atoms with van der Waals surface area (Å²) in [6.07, 6.45) is 1.15. The number of ketones is 1. The van der Waals surface area contributed by atoms with Crippen LogP contribution in [0.4, 0.5) is 5.69 Å². The molecule has 2 aliphatic heterocycles. The molecule has 32 heavy (non-hydrogen) atoms. The standard InChI is InChI=1S/C26H34N2O4/c1-18-7-5-8-21(19(18)2)28-12-10-27(11-13-28)9-6-14-31-20-15-22(29)25-23(30)17-26(3,4)32-24(25)16-20/h5,7-8,15-16,29H,6,9-14,17H2,1-4H3. The Labute approximate surface area is 190 Å². The summed E-state index contributed by atoms with van der Waals surface area (Å²) in [5, 5.41) is 10.3. The number of nitrogens with zero attached hydrogens (tertiary/aromatic N) is 2. The van der Waals surface area contributed by atoms with Gasteiger partial charge in [-0.1, -0.05) is 12.1 Å². The molecule has 2 heterocycles. The van der Waals surface area contributed by atoms with E-state index in [1.54, 1.807) is 6.07 Å². The number of anilines is 1. The SMILES string of the molecule is Cc1cccc(N2CCN(CCCOc3cc(O)c4c(c3)OC(C)(C)CC4=O)CC2)c1C. The van der Waals surface area contributed by atoms with Crippen LogP contribution in [0.5, 0.6) is 17.2 Å². The molecule has 0 unspecified atom stereocenters. The van der Waals surface area contributed by atoms with E-state index in [1.165, 1.54) is 22.9 Å². The molecule has 172 valence electrons. The number of piperazine rings is 1. The third-order valence-corrected chi connectivity index (χ3v) is 6.48. The molecule has 0 spiro atoms. The van der Waals surface area contributed by atoms with E-state index in [2.05, 4.69) is 41.8 Å².